The normalized spacial score (nSPS) is 20.0. The summed E-state index contributed by atoms with van der Waals surface area (Å²) < 4.78 is 5.19. The number of esters is 1. The fourth-order valence-electron chi connectivity index (χ4n) is 4.04. The Hall–Kier alpha value is -3.54. The summed E-state index contributed by atoms with van der Waals surface area (Å²) in [7, 11) is 0. The van der Waals surface area contributed by atoms with Gasteiger partial charge < -0.3 is 4.74 Å². The monoisotopic (exact) mass is 417 g/mol. The summed E-state index contributed by atoms with van der Waals surface area (Å²) >= 11 is 0. The molecule has 2 aromatic carbocycles. The van der Waals surface area contributed by atoms with Gasteiger partial charge in [0.2, 0.25) is 11.8 Å². The Kier molecular flexibility index (Phi) is 5.55. The molecule has 1 aliphatic carbocycles. The van der Waals surface area contributed by atoms with Crippen molar-refractivity contribution in [3.8, 4) is 0 Å². The molecule has 1 heterocycles. The zero-order chi connectivity index (χ0) is 22.1. The van der Waals surface area contributed by atoms with E-state index < -0.39 is 5.97 Å². The first-order chi connectivity index (χ1) is 14.9. The van der Waals surface area contributed by atoms with Crippen molar-refractivity contribution in [2.24, 2.45) is 11.8 Å². The molecule has 1 fully saturated rings. The van der Waals surface area contributed by atoms with Gasteiger partial charge >= 0.3 is 5.97 Å². The van der Waals surface area contributed by atoms with E-state index in [2.05, 4.69) is 0 Å². The van der Waals surface area contributed by atoms with Gasteiger partial charge in [0.25, 0.3) is 0 Å². The second-order valence-corrected chi connectivity index (χ2v) is 8.02. The van der Waals surface area contributed by atoms with Crippen molar-refractivity contribution in [3.63, 3.8) is 0 Å². The molecule has 0 unspecified atom stereocenters. The maximum atomic E-state index is 12.8. The van der Waals surface area contributed by atoms with Crippen LogP contribution in [0.5, 0.6) is 0 Å². The van der Waals surface area contributed by atoms with Crippen LogP contribution in [0.1, 0.15) is 44.7 Å². The number of rotatable bonds is 5. The molecule has 0 saturated carbocycles. The summed E-state index contributed by atoms with van der Waals surface area (Å²) in [6.45, 7) is 3.48. The SMILES string of the molecule is Cc1ccc(C(=O)COC(=O)c2cccc(N3C(=O)[C@H]4CC=CC[C@H]4C3=O)c2)cc1C. The smallest absolute Gasteiger partial charge is 0.338 e. The predicted octanol–water partition coefficient (Wildman–Crippen LogP) is 3.80. The van der Waals surface area contributed by atoms with Crippen molar-refractivity contribution in [2.45, 2.75) is 26.7 Å². The van der Waals surface area contributed by atoms with Crippen LogP contribution in [0.3, 0.4) is 0 Å². The maximum absolute atomic E-state index is 12.8. The first-order valence-electron chi connectivity index (χ1n) is 10.3. The second-order valence-electron chi connectivity index (χ2n) is 8.02. The number of ketones is 1. The lowest BCUT2D eigenvalue weighted by atomic mass is 9.85. The Morgan fingerprint density at radius 3 is 2.23 bits per heavy atom. The van der Waals surface area contributed by atoms with Gasteiger partial charge in [0.15, 0.2) is 12.4 Å². The number of amides is 2. The molecular weight excluding hydrogens is 394 g/mol. The van der Waals surface area contributed by atoms with E-state index in [1.165, 1.54) is 17.0 Å². The summed E-state index contributed by atoms with van der Waals surface area (Å²) in [4.78, 5) is 51.6. The van der Waals surface area contributed by atoms with E-state index in [1.54, 1.807) is 24.3 Å². The van der Waals surface area contributed by atoms with Crippen molar-refractivity contribution >= 4 is 29.3 Å². The molecule has 0 spiro atoms. The van der Waals surface area contributed by atoms with E-state index in [1.807, 2.05) is 32.1 Å². The first kappa shape index (κ1) is 20.7. The molecule has 4 rings (SSSR count). The van der Waals surface area contributed by atoms with Crippen LogP contribution in [0.2, 0.25) is 0 Å². The molecule has 6 heteroatoms. The largest absolute Gasteiger partial charge is 0.454 e. The number of benzene rings is 2. The highest BCUT2D eigenvalue weighted by atomic mass is 16.5. The Bertz CT molecular complexity index is 1090. The van der Waals surface area contributed by atoms with E-state index >= 15 is 0 Å². The summed E-state index contributed by atoms with van der Waals surface area (Å²) in [5, 5.41) is 0. The summed E-state index contributed by atoms with van der Waals surface area (Å²) in [5.41, 5.74) is 3.07. The molecule has 2 amide bonds. The van der Waals surface area contributed by atoms with Gasteiger partial charge in [-0.3, -0.25) is 19.3 Å². The number of aryl methyl sites for hydroxylation is 2. The van der Waals surface area contributed by atoms with Crippen molar-refractivity contribution in [2.75, 3.05) is 11.5 Å². The lowest BCUT2D eigenvalue weighted by Gasteiger charge is -2.15. The maximum Gasteiger partial charge on any atom is 0.338 e. The fourth-order valence-corrected chi connectivity index (χ4v) is 4.04. The molecule has 2 atom stereocenters. The quantitative estimate of drug-likeness (QED) is 0.320. The first-order valence-corrected chi connectivity index (χ1v) is 10.3. The molecule has 0 aromatic heterocycles. The molecule has 1 aliphatic heterocycles. The van der Waals surface area contributed by atoms with Crippen LogP contribution < -0.4 is 4.90 Å². The second kappa shape index (κ2) is 8.30. The highest BCUT2D eigenvalue weighted by Crippen LogP contribution is 2.37. The number of nitrogens with zero attached hydrogens (tertiary/aromatic N) is 1. The van der Waals surface area contributed by atoms with Crippen molar-refractivity contribution in [1.82, 2.24) is 0 Å². The van der Waals surface area contributed by atoms with Crippen LogP contribution in [0.25, 0.3) is 0 Å². The third kappa shape index (κ3) is 3.93. The van der Waals surface area contributed by atoms with Crippen LogP contribution in [-0.2, 0) is 14.3 Å². The molecule has 6 nitrogen and oxygen atoms in total. The number of imide groups is 1. The number of ether oxygens (including phenoxy) is 1. The summed E-state index contributed by atoms with van der Waals surface area (Å²) in [6.07, 6.45) is 4.95. The highest BCUT2D eigenvalue weighted by molar-refractivity contribution is 6.22. The van der Waals surface area contributed by atoms with E-state index in [0.717, 1.165) is 11.1 Å². The van der Waals surface area contributed by atoms with Crippen molar-refractivity contribution in [3.05, 3.63) is 76.9 Å². The van der Waals surface area contributed by atoms with E-state index in [0.29, 0.717) is 24.1 Å². The molecule has 1 saturated heterocycles. The molecular formula is C25H23NO5. The van der Waals surface area contributed by atoms with Gasteiger partial charge in [-0.05, 0) is 62.1 Å². The lowest BCUT2D eigenvalue weighted by Crippen LogP contribution is -2.31. The van der Waals surface area contributed by atoms with Crippen LogP contribution in [0, 0.1) is 25.7 Å². The van der Waals surface area contributed by atoms with E-state index in [-0.39, 0.29) is 41.6 Å². The Morgan fingerprint density at radius 2 is 1.58 bits per heavy atom. The molecule has 2 aromatic rings. The van der Waals surface area contributed by atoms with Gasteiger partial charge in [0, 0.05) is 5.56 Å². The zero-order valence-electron chi connectivity index (χ0n) is 17.5. The predicted molar refractivity (Wildman–Crippen MR) is 115 cm³/mol. The van der Waals surface area contributed by atoms with Crippen LogP contribution in [0.4, 0.5) is 5.69 Å². The highest BCUT2D eigenvalue weighted by Gasteiger charge is 2.47. The van der Waals surface area contributed by atoms with E-state index in [9.17, 15) is 19.2 Å². The van der Waals surface area contributed by atoms with Crippen LogP contribution in [-0.4, -0.2) is 30.2 Å². The minimum absolute atomic E-state index is 0.180. The third-order valence-corrected chi connectivity index (χ3v) is 6.01. The zero-order valence-corrected chi connectivity index (χ0v) is 17.5. The third-order valence-electron chi connectivity index (χ3n) is 6.01. The number of anilines is 1. The van der Waals surface area contributed by atoms with Crippen molar-refractivity contribution in [1.29, 1.82) is 0 Å². The molecule has 31 heavy (non-hydrogen) atoms. The molecule has 158 valence electrons. The number of carbonyl (C=O) groups excluding carboxylic acids is 4. The van der Waals surface area contributed by atoms with Crippen molar-refractivity contribution < 1.29 is 23.9 Å². The Morgan fingerprint density at radius 1 is 0.903 bits per heavy atom. The minimum Gasteiger partial charge on any atom is -0.454 e. The van der Waals surface area contributed by atoms with Crippen LogP contribution >= 0.6 is 0 Å². The molecule has 0 N–H and O–H groups in total. The Balaban J connectivity index is 1.46. The van der Waals surface area contributed by atoms with Gasteiger partial charge in [0.05, 0.1) is 23.1 Å². The topological polar surface area (TPSA) is 80.8 Å². The standard InChI is InChI=1S/C25H23NO5/c1-15-10-11-17(12-16(15)2)22(27)14-31-25(30)18-6-5-7-19(13-18)26-23(28)20-8-3-4-9-21(20)24(26)29/h3-7,10-13,20-21H,8-9,14H2,1-2H3/t20-,21+. The Labute approximate surface area is 180 Å². The molecule has 0 bridgehead atoms. The average molecular weight is 417 g/mol. The average Bonchev–Trinajstić information content (AvgIpc) is 3.04. The fraction of sp³-hybridized carbons (Fsp3) is 0.280. The number of carbonyl (C=O) groups is 4. The molecule has 2 aliphatic rings. The number of fused-ring (bicyclic) bond motifs is 1. The number of Topliss-reactive ketones (excluding diaryl/α,β-unsaturated/α-hetero) is 1. The summed E-state index contributed by atoms with van der Waals surface area (Å²) in [6, 6.07) is 11.5. The molecule has 0 radical (unpaired) electrons. The number of allylic oxidation sites excluding steroid dienone is 2. The van der Waals surface area contributed by atoms with Gasteiger partial charge in [-0.1, -0.05) is 30.4 Å². The lowest BCUT2D eigenvalue weighted by molar-refractivity contribution is -0.122. The van der Waals surface area contributed by atoms with Gasteiger partial charge in [-0.25, -0.2) is 4.79 Å². The van der Waals surface area contributed by atoms with Gasteiger partial charge in [-0.15, -0.1) is 0 Å². The number of hydrogen-bond acceptors (Lipinski definition) is 5. The van der Waals surface area contributed by atoms with Crippen LogP contribution in [0.15, 0.2) is 54.6 Å². The van der Waals surface area contributed by atoms with E-state index in [4.69, 9.17) is 4.74 Å². The number of hydrogen-bond donors (Lipinski definition) is 0. The summed E-state index contributed by atoms with van der Waals surface area (Å²) in [5.74, 6) is -2.15. The van der Waals surface area contributed by atoms with Gasteiger partial charge in [-0.2, -0.15) is 0 Å². The minimum atomic E-state index is -0.683. The van der Waals surface area contributed by atoms with Gasteiger partial charge in [0.1, 0.15) is 0 Å².